The Balaban J connectivity index is 2.08. The Labute approximate surface area is 158 Å². The molecule has 27 heavy (non-hydrogen) atoms. The molecule has 6 nitrogen and oxygen atoms in total. The predicted molar refractivity (Wildman–Crippen MR) is 104 cm³/mol. The van der Waals surface area contributed by atoms with E-state index >= 15 is 0 Å². The number of amides is 2. The summed E-state index contributed by atoms with van der Waals surface area (Å²) in [5.41, 5.74) is 1.99. The number of carboxylic acids is 1. The van der Waals surface area contributed by atoms with E-state index in [0.717, 1.165) is 5.56 Å². The second-order valence-corrected chi connectivity index (χ2v) is 6.28. The number of anilines is 1. The van der Waals surface area contributed by atoms with Gasteiger partial charge in [-0.15, -0.1) is 0 Å². The Kier molecular flexibility index (Phi) is 7.55. The van der Waals surface area contributed by atoms with E-state index in [0.29, 0.717) is 30.5 Å². The normalized spacial score (nSPS) is 11.4. The lowest BCUT2D eigenvalue weighted by atomic mass is 10.0. The molecule has 1 unspecified atom stereocenters. The van der Waals surface area contributed by atoms with Crippen molar-refractivity contribution in [3.8, 4) is 0 Å². The van der Waals surface area contributed by atoms with Gasteiger partial charge in [0.1, 0.15) is 0 Å². The minimum atomic E-state index is -0.897. The van der Waals surface area contributed by atoms with Gasteiger partial charge in [0.2, 0.25) is 5.91 Å². The summed E-state index contributed by atoms with van der Waals surface area (Å²) >= 11 is 0. The number of nitrogens with one attached hydrogen (secondary N) is 2. The molecule has 2 aromatic rings. The fraction of sp³-hybridized carbons (Fsp3) is 0.286. The molecule has 0 saturated heterocycles. The number of carbonyl (C=O) groups excluding carboxylic acids is 2. The maximum absolute atomic E-state index is 12.6. The first-order chi connectivity index (χ1) is 13.0. The van der Waals surface area contributed by atoms with Gasteiger partial charge in [0.05, 0.1) is 0 Å². The quantitative estimate of drug-likeness (QED) is 0.633. The third kappa shape index (κ3) is 6.93. The number of aliphatic carboxylic acids is 1. The van der Waals surface area contributed by atoms with Crippen molar-refractivity contribution >= 4 is 23.5 Å². The first-order valence-corrected chi connectivity index (χ1v) is 8.94. The van der Waals surface area contributed by atoms with Crippen LogP contribution in [0.4, 0.5) is 5.69 Å². The highest BCUT2D eigenvalue weighted by Gasteiger charge is 2.16. The summed E-state index contributed by atoms with van der Waals surface area (Å²) in [6.45, 7) is 1.75. The Morgan fingerprint density at radius 1 is 1.04 bits per heavy atom. The number of hydrogen-bond donors (Lipinski definition) is 3. The van der Waals surface area contributed by atoms with Crippen molar-refractivity contribution in [1.29, 1.82) is 0 Å². The number of benzene rings is 2. The van der Waals surface area contributed by atoms with E-state index < -0.39 is 5.97 Å². The first kappa shape index (κ1) is 20.2. The van der Waals surface area contributed by atoms with Gasteiger partial charge in [-0.1, -0.05) is 43.3 Å². The molecule has 0 aromatic heterocycles. The molecule has 0 bridgehead atoms. The van der Waals surface area contributed by atoms with Gasteiger partial charge in [0, 0.05) is 30.1 Å². The largest absolute Gasteiger partial charge is 0.481 e. The lowest BCUT2D eigenvalue weighted by Gasteiger charge is -2.18. The van der Waals surface area contributed by atoms with Gasteiger partial charge in [-0.05, 0) is 36.6 Å². The molecule has 0 fully saturated rings. The number of carboxylic acid groups (broad SMARTS) is 1. The fourth-order valence-corrected chi connectivity index (χ4v) is 2.68. The Morgan fingerprint density at radius 2 is 1.78 bits per heavy atom. The summed E-state index contributed by atoms with van der Waals surface area (Å²) in [6, 6.07) is 16.0. The topological polar surface area (TPSA) is 95.5 Å². The van der Waals surface area contributed by atoms with Crippen LogP contribution in [0.25, 0.3) is 0 Å². The van der Waals surface area contributed by atoms with Crippen LogP contribution < -0.4 is 10.6 Å². The van der Waals surface area contributed by atoms with E-state index in [4.69, 9.17) is 5.11 Å². The zero-order valence-corrected chi connectivity index (χ0v) is 15.3. The molecular formula is C21H24N2O4. The highest BCUT2D eigenvalue weighted by Crippen LogP contribution is 2.13. The van der Waals surface area contributed by atoms with Crippen LogP contribution in [0.1, 0.15) is 42.1 Å². The molecule has 2 amide bonds. The van der Waals surface area contributed by atoms with Crippen LogP contribution in [0.3, 0.4) is 0 Å². The lowest BCUT2D eigenvalue weighted by Crippen LogP contribution is -2.37. The maximum atomic E-state index is 12.6. The van der Waals surface area contributed by atoms with Crippen molar-refractivity contribution in [2.75, 3.05) is 5.32 Å². The van der Waals surface area contributed by atoms with Crippen LogP contribution in [-0.4, -0.2) is 28.9 Å². The van der Waals surface area contributed by atoms with Crippen molar-refractivity contribution < 1.29 is 19.5 Å². The predicted octanol–water partition coefficient (Wildman–Crippen LogP) is 3.24. The number of carbonyl (C=O) groups is 3. The third-order valence-electron chi connectivity index (χ3n) is 4.10. The third-order valence-corrected chi connectivity index (χ3v) is 4.10. The van der Waals surface area contributed by atoms with Gasteiger partial charge in [-0.25, -0.2) is 0 Å². The summed E-state index contributed by atoms with van der Waals surface area (Å²) in [7, 11) is 0. The van der Waals surface area contributed by atoms with Crippen LogP contribution in [0.5, 0.6) is 0 Å². The standard InChI is InChI=1S/C21H24N2O4/c1-2-19(24)22-17-10-6-9-16(14-17)21(27)23-18(11-12-20(25)26)13-15-7-4-3-5-8-15/h3-10,14,18H,2,11-13H2,1H3,(H,22,24)(H,23,27)(H,25,26). The van der Waals surface area contributed by atoms with Gasteiger partial charge in [-0.2, -0.15) is 0 Å². The van der Waals surface area contributed by atoms with Crippen molar-refractivity contribution in [2.45, 2.75) is 38.6 Å². The molecule has 142 valence electrons. The molecule has 0 aliphatic heterocycles. The van der Waals surface area contributed by atoms with Crippen molar-refractivity contribution in [2.24, 2.45) is 0 Å². The Morgan fingerprint density at radius 3 is 2.44 bits per heavy atom. The van der Waals surface area contributed by atoms with Crippen LogP contribution >= 0.6 is 0 Å². The van der Waals surface area contributed by atoms with Crippen molar-refractivity contribution in [3.05, 3.63) is 65.7 Å². The van der Waals surface area contributed by atoms with Crippen molar-refractivity contribution in [3.63, 3.8) is 0 Å². The second kappa shape index (κ2) is 10.1. The van der Waals surface area contributed by atoms with Gasteiger partial charge < -0.3 is 15.7 Å². The SMILES string of the molecule is CCC(=O)Nc1cccc(C(=O)NC(CCC(=O)O)Cc2ccccc2)c1. The summed E-state index contributed by atoms with van der Waals surface area (Å²) in [5.74, 6) is -1.32. The van der Waals surface area contributed by atoms with Gasteiger partial charge in [0.15, 0.2) is 0 Å². The summed E-state index contributed by atoms with van der Waals surface area (Å²) < 4.78 is 0. The highest BCUT2D eigenvalue weighted by molar-refractivity contribution is 5.97. The van der Waals surface area contributed by atoms with Gasteiger partial charge in [0.25, 0.3) is 5.91 Å². The van der Waals surface area contributed by atoms with E-state index in [9.17, 15) is 14.4 Å². The molecule has 2 rings (SSSR count). The molecule has 0 aliphatic rings. The Hall–Kier alpha value is -3.15. The Bertz CT molecular complexity index is 790. The highest BCUT2D eigenvalue weighted by atomic mass is 16.4. The molecule has 0 heterocycles. The molecule has 3 N–H and O–H groups in total. The minimum Gasteiger partial charge on any atom is -0.481 e. The monoisotopic (exact) mass is 368 g/mol. The molecule has 1 atom stereocenters. The van der Waals surface area contributed by atoms with Crippen LogP contribution in [0.15, 0.2) is 54.6 Å². The first-order valence-electron chi connectivity index (χ1n) is 8.94. The molecule has 0 radical (unpaired) electrons. The average molecular weight is 368 g/mol. The van der Waals surface area contributed by atoms with E-state index in [1.165, 1.54) is 0 Å². The lowest BCUT2D eigenvalue weighted by molar-refractivity contribution is -0.137. The van der Waals surface area contributed by atoms with Crippen LogP contribution in [0, 0.1) is 0 Å². The molecular weight excluding hydrogens is 344 g/mol. The summed E-state index contributed by atoms with van der Waals surface area (Å²) in [6.07, 6.45) is 1.21. The number of hydrogen-bond acceptors (Lipinski definition) is 3. The maximum Gasteiger partial charge on any atom is 0.303 e. The van der Waals surface area contributed by atoms with E-state index in [1.807, 2.05) is 30.3 Å². The average Bonchev–Trinajstić information content (AvgIpc) is 2.67. The van der Waals surface area contributed by atoms with Gasteiger partial charge >= 0.3 is 5.97 Å². The second-order valence-electron chi connectivity index (χ2n) is 6.28. The number of rotatable bonds is 9. The molecule has 0 aliphatic carbocycles. The fourth-order valence-electron chi connectivity index (χ4n) is 2.68. The smallest absolute Gasteiger partial charge is 0.303 e. The molecule has 6 heteroatoms. The van der Waals surface area contributed by atoms with E-state index in [1.54, 1.807) is 31.2 Å². The van der Waals surface area contributed by atoms with Gasteiger partial charge in [-0.3, -0.25) is 14.4 Å². The van der Waals surface area contributed by atoms with Crippen molar-refractivity contribution in [1.82, 2.24) is 5.32 Å². The zero-order chi connectivity index (χ0) is 19.6. The van der Waals surface area contributed by atoms with E-state index in [-0.39, 0.29) is 24.3 Å². The van der Waals surface area contributed by atoms with Crippen LogP contribution in [0.2, 0.25) is 0 Å². The molecule has 0 spiro atoms. The van der Waals surface area contributed by atoms with E-state index in [2.05, 4.69) is 10.6 Å². The summed E-state index contributed by atoms with van der Waals surface area (Å²) in [5, 5.41) is 14.6. The molecule has 0 saturated carbocycles. The minimum absolute atomic E-state index is 0.0234. The van der Waals surface area contributed by atoms with Crippen LogP contribution in [-0.2, 0) is 16.0 Å². The summed E-state index contributed by atoms with van der Waals surface area (Å²) in [4.78, 5) is 35.1. The zero-order valence-electron chi connectivity index (χ0n) is 15.3. The molecule has 2 aromatic carbocycles.